The molecule has 0 heterocycles. The molecule has 0 aliphatic heterocycles. The second kappa shape index (κ2) is 4.98. The number of hydrogen-bond acceptors (Lipinski definition) is 3. The Labute approximate surface area is 108 Å². The van der Waals surface area contributed by atoms with Crippen molar-refractivity contribution in [3.8, 4) is 11.1 Å². The highest BCUT2D eigenvalue weighted by Gasteiger charge is 2.15. The van der Waals surface area contributed by atoms with Gasteiger partial charge in [-0.05, 0) is 17.7 Å². The van der Waals surface area contributed by atoms with Gasteiger partial charge in [0, 0.05) is 16.7 Å². The van der Waals surface area contributed by atoms with E-state index in [0.29, 0.717) is 22.4 Å². The van der Waals surface area contributed by atoms with Gasteiger partial charge in [-0.3, -0.25) is 14.9 Å². The van der Waals surface area contributed by atoms with Crippen molar-refractivity contribution in [3.05, 3.63) is 63.2 Å². The molecule has 0 aromatic heterocycles. The second-order valence-electron chi connectivity index (χ2n) is 3.63. The molecule has 4 nitrogen and oxygen atoms in total. The van der Waals surface area contributed by atoms with Crippen molar-refractivity contribution in [2.75, 3.05) is 0 Å². The number of aldehydes is 1. The molecule has 2 aromatic carbocycles. The molecule has 0 radical (unpaired) electrons. The normalized spacial score (nSPS) is 10.1. The van der Waals surface area contributed by atoms with Gasteiger partial charge in [0.15, 0.2) is 6.29 Å². The van der Waals surface area contributed by atoms with Crippen LogP contribution in [0.4, 0.5) is 5.69 Å². The third-order valence-corrected chi connectivity index (χ3v) is 2.87. The Morgan fingerprint density at radius 3 is 2.50 bits per heavy atom. The lowest BCUT2D eigenvalue weighted by atomic mass is 10.0. The molecule has 2 rings (SSSR count). The van der Waals surface area contributed by atoms with Crippen LogP contribution in [0.15, 0.2) is 42.5 Å². The number of nitro benzene ring substituents is 1. The molecule has 0 atom stereocenters. The zero-order valence-corrected chi connectivity index (χ0v) is 9.92. The highest BCUT2D eigenvalue weighted by Crippen LogP contribution is 2.31. The van der Waals surface area contributed by atoms with Gasteiger partial charge in [0.25, 0.3) is 5.69 Å². The first-order chi connectivity index (χ1) is 8.63. The van der Waals surface area contributed by atoms with Gasteiger partial charge in [-0.1, -0.05) is 35.9 Å². The minimum atomic E-state index is -0.579. The Morgan fingerprint density at radius 1 is 1.17 bits per heavy atom. The number of nitro groups is 1. The first-order valence-corrected chi connectivity index (χ1v) is 5.50. The Kier molecular flexibility index (Phi) is 3.39. The number of rotatable bonds is 3. The Hall–Kier alpha value is -2.20. The molecule has 0 bridgehead atoms. The van der Waals surface area contributed by atoms with Crippen LogP contribution in [-0.2, 0) is 0 Å². The molecule has 18 heavy (non-hydrogen) atoms. The summed E-state index contributed by atoms with van der Waals surface area (Å²) in [6.07, 6.45) is 0.467. The second-order valence-corrected chi connectivity index (χ2v) is 4.04. The van der Waals surface area contributed by atoms with Crippen LogP contribution in [-0.4, -0.2) is 11.2 Å². The van der Waals surface area contributed by atoms with E-state index in [4.69, 9.17) is 11.6 Å². The molecule has 0 aliphatic carbocycles. The van der Waals surface area contributed by atoms with Crippen LogP contribution in [0.5, 0.6) is 0 Å². The zero-order chi connectivity index (χ0) is 13.1. The summed E-state index contributed by atoms with van der Waals surface area (Å²) >= 11 is 6.02. The average molecular weight is 262 g/mol. The predicted molar refractivity (Wildman–Crippen MR) is 68.9 cm³/mol. The summed E-state index contributed by atoms with van der Waals surface area (Å²) in [7, 11) is 0. The minimum Gasteiger partial charge on any atom is -0.298 e. The smallest absolute Gasteiger partial charge is 0.280 e. The summed E-state index contributed by atoms with van der Waals surface area (Å²) in [4.78, 5) is 21.0. The summed E-state index contributed by atoms with van der Waals surface area (Å²) in [5.74, 6) is 0. The van der Waals surface area contributed by atoms with E-state index in [1.165, 1.54) is 12.1 Å². The Bertz CT molecular complexity index is 625. The maximum absolute atomic E-state index is 10.9. The molecule has 0 unspecified atom stereocenters. The molecule has 90 valence electrons. The number of halogens is 1. The van der Waals surface area contributed by atoms with Gasteiger partial charge in [-0.2, -0.15) is 0 Å². The maximum atomic E-state index is 10.9. The van der Waals surface area contributed by atoms with Crippen LogP contribution >= 0.6 is 11.6 Å². The molecule has 2 aromatic rings. The van der Waals surface area contributed by atoms with Crippen molar-refractivity contribution in [1.29, 1.82) is 0 Å². The van der Waals surface area contributed by atoms with Gasteiger partial charge in [0.1, 0.15) is 0 Å². The van der Waals surface area contributed by atoms with Crippen LogP contribution in [0.2, 0.25) is 5.02 Å². The van der Waals surface area contributed by atoms with Crippen molar-refractivity contribution >= 4 is 23.6 Å². The molecular weight excluding hydrogens is 254 g/mol. The van der Waals surface area contributed by atoms with Crippen LogP contribution < -0.4 is 0 Å². The van der Waals surface area contributed by atoms with E-state index >= 15 is 0 Å². The monoisotopic (exact) mass is 261 g/mol. The predicted octanol–water partition coefficient (Wildman–Crippen LogP) is 3.73. The lowest BCUT2D eigenvalue weighted by Crippen LogP contribution is -1.94. The van der Waals surface area contributed by atoms with Crippen LogP contribution in [0.3, 0.4) is 0 Å². The summed E-state index contributed by atoms with van der Waals surface area (Å²) in [5.41, 5.74) is 1.14. The average Bonchev–Trinajstić information content (AvgIpc) is 2.38. The van der Waals surface area contributed by atoms with Gasteiger partial charge < -0.3 is 0 Å². The van der Waals surface area contributed by atoms with Crippen molar-refractivity contribution in [2.24, 2.45) is 0 Å². The first-order valence-electron chi connectivity index (χ1n) is 5.12. The van der Waals surface area contributed by atoms with Crippen molar-refractivity contribution in [2.45, 2.75) is 0 Å². The molecule has 0 spiro atoms. The third-order valence-electron chi connectivity index (χ3n) is 2.54. The van der Waals surface area contributed by atoms with Gasteiger partial charge in [0.2, 0.25) is 0 Å². The largest absolute Gasteiger partial charge is 0.298 e. The van der Waals surface area contributed by atoms with Crippen molar-refractivity contribution in [3.63, 3.8) is 0 Å². The Morgan fingerprint density at radius 2 is 1.89 bits per heavy atom. The minimum absolute atomic E-state index is 0.0517. The summed E-state index contributed by atoms with van der Waals surface area (Å²) < 4.78 is 0. The lowest BCUT2D eigenvalue weighted by molar-refractivity contribution is -0.385. The number of benzene rings is 2. The van der Waals surface area contributed by atoms with Crippen LogP contribution in [0, 0.1) is 10.1 Å². The topological polar surface area (TPSA) is 60.2 Å². The standard InChI is InChI=1S/C13H8ClNO3/c14-12-4-2-1-3-11(12)9-5-6-10(8-16)13(7-9)15(17)18/h1-8H. The molecule has 0 saturated carbocycles. The van der Waals surface area contributed by atoms with E-state index in [-0.39, 0.29) is 11.3 Å². The van der Waals surface area contributed by atoms with Gasteiger partial charge in [-0.15, -0.1) is 0 Å². The van der Waals surface area contributed by atoms with Crippen molar-refractivity contribution < 1.29 is 9.72 Å². The highest BCUT2D eigenvalue weighted by molar-refractivity contribution is 6.33. The molecule has 5 heteroatoms. The third kappa shape index (κ3) is 2.24. The summed E-state index contributed by atoms with van der Waals surface area (Å²) in [6.45, 7) is 0. The van der Waals surface area contributed by atoms with Gasteiger partial charge in [0.05, 0.1) is 10.5 Å². The van der Waals surface area contributed by atoms with E-state index < -0.39 is 4.92 Å². The zero-order valence-electron chi connectivity index (χ0n) is 9.17. The number of nitrogens with zero attached hydrogens (tertiary/aromatic N) is 1. The Balaban J connectivity index is 2.61. The molecular formula is C13H8ClNO3. The fraction of sp³-hybridized carbons (Fsp3) is 0. The molecule has 0 saturated heterocycles. The quantitative estimate of drug-likeness (QED) is 0.480. The molecule has 0 aliphatic rings. The summed E-state index contributed by atoms with van der Waals surface area (Å²) in [6, 6.07) is 11.5. The molecule has 0 fully saturated rings. The van der Waals surface area contributed by atoms with E-state index in [1.807, 2.05) is 0 Å². The fourth-order valence-corrected chi connectivity index (χ4v) is 1.91. The number of carbonyl (C=O) groups is 1. The van der Waals surface area contributed by atoms with E-state index in [0.717, 1.165) is 0 Å². The number of hydrogen-bond donors (Lipinski definition) is 0. The lowest BCUT2D eigenvalue weighted by Gasteiger charge is -2.05. The first kappa shape index (κ1) is 12.3. The van der Waals surface area contributed by atoms with Crippen LogP contribution in [0.25, 0.3) is 11.1 Å². The molecule has 0 amide bonds. The van der Waals surface area contributed by atoms with E-state index in [1.54, 1.807) is 30.3 Å². The highest BCUT2D eigenvalue weighted by atomic mass is 35.5. The fourth-order valence-electron chi connectivity index (χ4n) is 1.66. The molecule has 0 N–H and O–H groups in total. The van der Waals surface area contributed by atoms with Gasteiger partial charge >= 0.3 is 0 Å². The van der Waals surface area contributed by atoms with E-state index in [9.17, 15) is 14.9 Å². The van der Waals surface area contributed by atoms with E-state index in [2.05, 4.69) is 0 Å². The maximum Gasteiger partial charge on any atom is 0.280 e. The summed E-state index contributed by atoms with van der Waals surface area (Å²) in [5, 5.41) is 11.4. The van der Waals surface area contributed by atoms with Crippen molar-refractivity contribution in [1.82, 2.24) is 0 Å². The van der Waals surface area contributed by atoms with Gasteiger partial charge in [-0.25, -0.2) is 0 Å². The SMILES string of the molecule is O=Cc1ccc(-c2ccccc2Cl)cc1[N+](=O)[O-]. The van der Waals surface area contributed by atoms with Crippen LogP contribution in [0.1, 0.15) is 10.4 Å². The number of carbonyl (C=O) groups excluding carboxylic acids is 1.